The Morgan fingerprint density at radius 1 is 1.40 bits per heavy atom. The molecular weight excluding hydrogens is 210 g/mol. The van der Waals surface area contributed by atoms with Crippen LogP contribution in [0.3, 0.4) is 0 Å². The van der Waals surface area contributed by atoms with Crippen LogP contribution in [0.2, 0.25) is 5.02 Å². The van der Waals surface area contributed by atoms with Crippen molar-refractivity contribution in [3.05, 3.63) is 47.1 Å². The quantitative estimate of drug-likeness (QED) is 0.838. The molecule has 1 amide bonds. The fourth-order valence-corrected chi connectivity index (χ4v) is 1.41. The van der Waals surface area contributed by atoms with Crippen LogP contribution in [0.5, 0.6) is 0 Å². The highest BCUT2D eigenvalue weighted by molar-refractivity contribution is 6.30. The number of nitrogens with one attached hydrogen (secondary N) is 1. The normalized spacial score (nSPS) is 11.9. The van der Waals surface area contributed by atoms with Crippen LogP contribution in [-0.2, 0) is 4.79 Å². The molecule has 0 aliphatic rings. The molecule has 0 radical (unpaired) electrons. The third kappa shape index (κ3) is 3.40. The molecule has 0 fully saturated rings. The van der Waals surface area contributed by atoms with Crippen LogP contribution in [0, 0.1) is 0 Å². The molecule has 15 heavy (non-hydrogen) atoms. The Labute approximate surface area is 94.9 Å². The van der Waals surface area contributed by atoms with E-state index in [2.05, 4.69) is 11.9 Å². The Hall–Kier alpha value is -1.28. The molecule has 0 saturated heterocycles. The summed E-state index contributed by atoms with van der Waals surface area (Å²) in [7, 11) is 0. The largest absolute Gasteiger partial charge is 0.330 e. The first-order valence-electron chi connectivity index (χ1n) is 4.72. The summed E-state index contributed by atoms with van der Waals surface area (Å²) in [5.41, 5.74) is 1.78. The predicted molar refractivity (Wildman–Crippen MR) is 62.8 cm³/mol. The van der Waals surface area contributed by atoms with Gasteiger partial charge in [-0.15, -0.1) is 0 Å². The molecule has 0 spiro atoms. The molecule has 0 aliphatic heterocycles. The second kappa shape index (κ2) is 4.99. The number of amides is 1. The van der Waals surface area contributed by atoms with Crippen molar-refractivity contribution >= 4 is 17.5 Å². The highest BCUT2D eigenvalue weighted by Crippen LogP contribution is 2.22. The maximum atomic E-state index is 10.9. The first-order chi connectivity index (χ1) is 7.00. The minimum Gasteiger partial charge on any atom is -0.330 e. The number of rotatable bonds is 3. The first-order valence-corrected chi connectivity index (χ1v) is 5.10. The Bertz CT molecular complexity index is 370. The lowest BCUT2D eigenvalue weighted by Crippen LogP contribution is -2.21. The third-order valence-electron chi connectivity index (χ3n) is 2.23. The average molecular weight is 224 g/mol. The number of carbonyl (C=O) groups excluding carboxylic acids is 1. The maximum absolute atomic E-state index is 10.9. The van der Waals surface area contributed by atoms with Crippen LogP contribution >= 0.6 is 11.6 Å². The van der Waals surface area contributed by atoms with E-state index < -0.39 is 0 Å². The molecule has 0 saturated carbocycles. The van der Waals surface area contributed by atoms with Crippen LogP contribution < -0.4 is 5.32 Å². The number of hydrogen-bond acceptors (Lipinski definition) is 1. The minimum absolute atomic E-state index is 0.0890. The number of benzene rings is 1. The van der Waals surface area contributed by atoms with E-state index in [0.717, 1.165) is 5.56 Å². The van der Waals surface area contributed by atoms with Gasteiger partial charge in [0.25, 0.3) is 0 Å². The van der Waals surface area contributed by atoms with Crippen LogP contribution in [0.4, 0.5) is 0 Å². The summed E-state index contributed by atoms with van der Waals surface area (Å²) in [6.07, 6.45) is 0. The zero-order valence-electron chi connectivity index (χ0n) is 8.88. The molecule has 0 bridgehead atoms. The lowest BCUT2D eigenvalue weighted by molar-refractivity contribution is -0.118. The number of hydrogen-bond donors (Lipinski definition) is 1. The van der Waals surface area contributed by atoms with Gasteiger partial charge in [-0.25, -0.2) is 0 Å². The lowest BCUT2D eigenvalue weighted by Gasteiger charge is -2.15. The van der Waals surface area contributed by atoms with E-state index in [1.165, 1.54) is 6.92 Å². The van der Waals surface area contributed by atoms with E-state index in [1.807, 2.05) is 31.2 Å². The zero-order valence-corrected chi connectivity index (χ0v) is 9.64. The summed E-state index contributed by atoms with van der Waals surface area (Å²) in [5, 5.41) is 3.39. The van der Waals surface area contributed by atoms with Gasteiger partial charge in [-0.05, 0) is 17.7 Å². The Morgan fingerprint density at radius 2 is 1.93 bits per heavy atom. The summed E-state index contributed by atoms with van der Waals surface area (Å²) >= 11 is 5.79. The first kappa shape index (κ1) is 11.8. The zero-order chi connectivity index (χ0) is 11.4. The van der Waals surface area contributed by atoms with Gasteiger partial charge >= 0.3 is 0 Å². The molecular formula is C12H14ClNO. The van der Waals surface area contributed by atoms with E-state index >= 15 is 0 Å². The second-order valence-electron chi connectivity index (χ2n) is 3.48. The monoisotopic (exact) mass is 223 g/mol. The molecule has 3 heteroatoms. The van der Waals surface area contributed by atoms with Crippen LogP contribution in [-0.4, -0.2) is 5.91 Å². The van der Waals surface area contributed by atoms with Crippen molar-refractivity contribution < 1.29 is 4.79 Å². The SMILES string of the molecule is C=C(NC(C)=O)C(C)c1ccc(Cl)cc1. The van der Waals surface area contributed by atoms with Crippen molar-refractivity contribution in [1.29, 1.82) is 0 Å². The van der Waals surface area contributed by atoms with Crippen molar-refractivity contribution in [3.63, 3.8) is 0 Å². The van der Waals surface area contributed by atoms with Gasteiger partial charge in [0, 0.05) is 23.6 Å². The molecule has 1 N–H and O–H groups in total. The Kier molecular flexibility index (Phi) is 3.92. The van der Waals surface area contributed by atoms with E-state index in [1.54, 1.807) is 0 Å². The minimum atomic E-state index is -0.0965. The fourth-order valence-electron chi connectivity index (χ4n) is 1.29. The van der Waals surface area contributed by atoms with Crippen molar-refractivity contribution in [2.75, 3.05) is 0 Å². The van der Waals surface area contributed by atoms with Gasteiger partial charge in [0.2, 0.25) is 5.91 Å². The maximum Gasteiger partial charge on any atom is 0.220 e. The third-order valence-corrected chi connectivity index (χ3v) is 2.48. The topological polar surface area (TPSA) is 29.1 Å². The molecule has 1 aromatic rings. The summed E-state index contributed by atoms with van der Waals surface area (Å²) in [4.78, 5) is 10.9. The van der Waals surface area contributed by atoms with Gasteiger partial charge in [0.1, 0.15) is 0 Å². The van der Waals surface area contributed by atoms with Gasteiger partial charge < -0.3 is 5.32 Å². The number of carbonyl (C=O) groups is 1. The van der Waals surface area contributed by atoms with E-state index in [-0.39, 0.29) is 11.8 Å². The van der Waals surface area contributed by atoms with Gasteiger partial charge in [-0.1, -0.05) is 37.2 Å². The van der Waals surface area contributed by atoms with Gasteiger partial charge in [0.05, 0.1) is 0 Å². The Morgan fingerprint density at radius 3 is 2.40 bits per heavy atom. The van der Waals surface area contributed by atoms with E-state index in [9.17, 15) is 4.79 Å². The van der Waals surface area contributed by atoms with Gasteiger partial charge in [-0.3, -0.25) is 4.79 Å². The van der Waals surface area contributed by atoms with Crippen molar-refractivity contribution in [2.45, 2.75) is 19.8 Å². The van der Waals surface area contributed by atoms with Crippen molar-refractivity contribution in [3.8, 4) is 0 Å². The number of halogens is 1. The molecule has 1 atom stereocenters. The predicted octanol–water partition coefficient (Wildman–Crippen LogP) is 3.09. The average Bonchev–Trinajstić information content (AvgIpc) is 2.17. The highest BCUT2D eigenvalue weighted by atomic mass is 35.5. The fraction of sp³-hybridized carbons (Fsp3) is 0.250. The lowest BCUT2D eigenvalue weighted by atomic mass is 9.98. The summed E-state index contributed by atoms with van der Waals surface area (Å²) in [5.74, 6) is -0.00743. The van der Waals surface area contributed by atoms with E-state index in [0.29, 0.717) is 10.7 Å². The van der Waals surface area contributed by atoms with Crippen LogP contribution in [0.1, 0.15) is 25.3 Å². The standard InChI is InChI=1S/C12H14ClNO/c1-8(9(2)14-10(3)15)11-4-6-12(13)7-5-11/h4-8H,2H2,1,3H3,(H,14,15). The molecule has 1 unspecified atom stereocenters. The molecule has 1 aromatic carbocycles. The van der Waals surface area contributed by atoms with Crippen LogP contribution in [0.25, 0.3) is 0 Å². The smallest absolute Gasteiger partial charge is 0.220 e. The summed E-state index contributed by atoms with van der Waals surface area (Å²) < 4.78 is 0. The van der Waals surface area contributed by atoms with Crippen LogP contribution in [0.15, 0.2) is 36.5 Å². The Balaban J connectivity index is 2.76. The van der Waals surface area contributed by atoms with E-state index in [4.69, 9.17) is 11.6 Å². The van der Waals surface area contributed by atoms with Gasteiger partial charge in [-0.2, -0.15) is 0 Å². The summed E-state index contributed by atoms with van der Waals surface area (Å²) in [6, 6.07) is 7.52. The van der Waals surface area contributed by atoms with Gasteiger partial charge in [0.15, 0.2) is 0 Å². The molecule has 0 aliphatic carbocycles. The molecule has 0 aromatic heterocycles. The number of allylic oxidation sites excluding steroid dienone is 1. The molecule has 2 nitrogen and oxygen atoms in total. The molecule has 0 heterocycles. The van der Waals surface area contributed by atoms with Crippen molar-refractivity contribution in [2.24, 2.45) is 0 Å². The van der Waals surface area contributed by atoms with Crippen molar-refractivity contribution in [1.82, 2.24) is 5.32 Å². The summed E-state index contributed by atoms with van der Waals surface area (Å²) in [6.45, 7) is 7.29. The molecule has 80 valence electrons. The molecule has 1 rings (SSSR count). The second-order valence-corrected chi connectivity index (χ2v) is 3.92. The highest BCUT2D eigenvalue weighted by Gasteiger charge is 2.09.